The van der Waals surface area contributed by atoms with Crippen molar-refractivity contribution in [2.75, 3.05) is 6.54 Å². The van der Waals surface area contributed by atoms with Crippen LogP contribution in [0.25, 0.3) is 10.9 Å². The lowest BCUT2D eigenvalue weighted by Gasteiger charge is -2.14. The molecule has 0 unspecified atom stereocenters. The fourth-order valence-corrected chi connectivity index (χ4v) is 2.78. The number of aryl methyl sites for hydroxylation is 2. The van der Waals surface area contributed by atoms with E-state index in [4.69, 9.17) is 0 Å². The highest BCUT2D eigenvalue weighted by Gasteiger charge is 2.18. The zero-order valence-corrected chi connectivity index (χ0v) is 9.30. The number of fused-ring (bicyclic) bond motifs is 3. The second kappa shape index (κ2) is 3.11. The predicted molar refractivity (Wildman–Crippen MR) is 63.1 cm³/mol. The van der Waals surface area contributed by atoms with E-state index in [0.29, 0.717) is 0 Å². The maximum Gasteiger partial charge on any atom is 0.0512 e. The smallest absolute Gasteiger partial charge is 0.0512 e. The molecule has 78 valence electrons. The van der Waals surface area contributed by atoms with Gasteiger partial charge in [0.1, 0.15) is 0 Å². The van der Waals surface area contributed by atoms with Crippen LogP contribution in [0.3, 0.4) is 0 Å². The standard InChI is InChI=1S/C13H16N2/c1-9-4-3-5-10-11-8-14-7-6-12(11)15(2)13(9)10/h3-5,14H,6-8H2,1-2H3. The van der Waals surface area contributed by atoms with E-state index < -0.39 is 0 Å². The summed E-state index contributed by atoms with van der Waals surface area (Å²) in [5.41, 5.74) is 5.80. The first-order valence-corrected chi connectivity index (χ1v) is 5.55. The quantitative estimate of drug-likeness (QED) is 0.689. The van der Waals surface area contributed by atoms with Crippen LogP contribution in [0.4, 0.5) is 0 Å². The Labute approximate surface area is 89.9 Å². The molecular formula is C13H16N2. The maximum absolute atomic E-state index is 3.45. The molecule has 2 heterocycles. The average Bonchev–Trinajstić information content (AvgIpc) is 2.55. The lowest BCUT2D eigenvalue weighted by Crippen LogP contribution is -2.24. The molecule has 15 heavy (non-hydrogen) atoms. The lowest BCUT2D eigenvalue weighted by atomic mass is 10.0. The summed E-state index contributed by atoms with van der Waals surface area (Å²) >= 11 is 0. The Kier molecular flexibility index (Phi) is 1.86. The molecule has 0 saturated heterocycles. The van der Waals surface area contributed by atoms with Crippen molar-refractivity contribution in [2.45, 2.75) is 19.9 Å². The van der Waals surface area contributed by atoms with Crippen LogP contribution >= 0.6 is 0 Å². The molecule has 0 radical (unpaired) electrons. The first-order chi connectivity index (χ1) is 7.29. The molecule has 1 aromatic heterocycles. The van der Waals surface area contributed by atoms with E-state index in [0.717, 1.165) is 19.5 Å². The van der Waals surface area contributed by atoms with E-state index in [2.05, 4.69) is 42.1 Å². The molecule has 3 rings (SSSR count). The number of benzene rings is 1. The third kappa shape index (κ3) is 1.15. The summed E-state index contributed by atoms with van der Waals surface area (Å²) < 4.78 is 2.38. The van der Waals surface area contributed by atoms with Gasteiger partial charge >= 0.3 is 0 Å². The summed E-state index contributed by atoms with van der Waals surface area (Å²) in [6, 6.07) is 6.60. The fraction of sp³-hybridized carbons (Fsp3) is 0.385. The Morgan fingerprint density at radius 1 is 1.33 bits per heavy atom. The van der Waals surface area contributed by atoms with E-state index in [1.165, 1.54) is 27.7 Å². The van der Waals surface area contributed by atoms with Crippen molar-refractivity contribution in [2.24, 2.45) is 7.05 Å². The van der Waals surface area contributed by atoms with Crippen LogP contribution in [0.5, 0.6) is 0 Å². The third-order valence-corrected chi connectivity index (χ3v) is 3.49. The molecule has 1 N–H and O–H groups in total. The lowest BCUT2D eigenvalue weighted by molar-refractivity contribution is 0.622. The molecule has 1 aliphatic heterocycles. The van der Waals surface area contributed by atoms with Gasteiger partial charge in [0.15, 0.2) is 0 Å². The predicted octanol–water partition coefficient (Wildman–Crippen LogP) is 2.13. The Hall–Kier alpha value is -1.28. The van der Waals surface area contributed by atoms with Crippen molar-refractivity contribution in [3.8, 4) is 0 Å². The van der Waals surface area contributed by atoms with Crippen LogP contribution in [0.2, 0.25) is 0 Å². The van der Waals surface area contributed by atoms with Gasteiger partial charge < -0.3 is 9.88 Å². The maximum atomic E-state index is 3.45. The molecule has 0 saturated carbocycles. The van der Waals surface area contributed by atoms with Crippen molar-refractivity contribution < 1.29 is 0 Å². The van der Waals surface area contributed by atoms with Gasteiger partial charge in [-0.25, -0.2) is 0 Å². The number of nitrogens with one attached hydrogen (secondary N) is 1. The zero-order chi connectivity index (χ0) is 10.4. The summed E-state index contributed by atoms with van der Waals surface area (Å²) in [7, 11) is 2.19. The summed E-state index contributed by atoms with van der Waals surface area (Å²) in [6.07, 6.45) is 1.15. The van der Waals surface area contributed by atoms with Crippen molar-refractivity contribution in [3.63, 3.8) is 0 Å². The molecule has 2 heteroatoms. The molecular weight excluding hydrogens is 184 g/mol. The van der Waals surface area contributed by atoms with Crippen molar-refractivity contribution in [1.82, 2.24) is 9.88 Å². The summed E-state index contributed by atoms with van der Waals surface area (Å²) in [5, 5.41) is 4.88. The van der Waals surface area contributed by atoms with Gasteiger partial charge in [0.25, 0.3) is 0 Å². The number of hydrogen-bond acceptors (Lipinski definition) is 1. The number of hydrogen-bond donors (Lipinski definition) is 1. The van der Waals surface area contributed by atoms with Crippen LogP contribution in [-0.4, -0.2) is 11.1 Å². The molecule has 0 amide bonds. The molecule has 2 aromatic rings. The first kappa shape index (κ1) is 8.98. The minimum Gasteiger partial charge on any atom is -0.347 e. The molecule has 0 aliphatic carbocycles. The summed E-state index contributed by atoms with van der Waals surface area (Å²) in [5.74, 6) is 0. The minimum atomic E-state index is 1.02. The molecule has 0 fully saturated rings. The SMILES string of the molecule is Cc1cccc2c3c(n(C)c12)CCNC3. The number of para-hydroxylation sites is 1. The molecule has 0 atom stereocenters. The normalized spacial score (nSPS) is 15.6. The largest absolute Gasteiger partial charge is 0.347 e. The second-order valence-electron chi connectivity index (χ2n) is 4.38. The second-order valence-corrected chi connectivity index (χ2v) is 4.38. The van der Waals surface area contributed by atoms with Crippen LogP contribution in [0.15, 0.2) is 18.2 Å². The van der Waals surface area contributed by atoms with E-state index >= 15 is 0 Å². The van der Waals surface area contributed by atoms with Crippen LogP contribution in [0, 0.1) is 6.92 Å². The Morgan fingerprint density at radius 3 is 3.07 bits per heavy atom. The number of rotatable bonds is 0. The topological polar surface area (TPSA) is 17.0 Å². The number of nitrogens with zero attached hydrogens (tertiary/aromatic N) is 1. The monoisotopic (exact) mass is 200 g/mol. The molecule has 1 aromatic carbocycles. The Morgan fingerprint density at radius 2 is 2.20 bits per heavy atom. The van der Waals surface area contributed by atoms with Gasteiger partial charge in [0.2, 0.25) is 0 Å². The summed E-state index contributed by atoms with van der Waals surface area (Å²) in [6.45, 7) is 4.33. The van der Waals surface area contributed by atoms with Crippen molar-refractivity contribution >= 4 is 10.9 Å². The summed E-state index contributed by atoms with van der Waals surface area (Å²) in [4.78, 5) is 0. The van der Waals surface area contributed by atoms with Gasteiger partial charge in [-0.1, -0.05) is 18.2 Å². The fourth-order valence-electron chi connectivity index (χ4n) is 2.78. The van der Waals surface area contributed by atoms with Gasteiger partial charge in [-0.2, -0.15) is 0 Å². The van der Waals surface area contributed by atoms with Crippen molar-refractivity contribution in [1.29, 1.82) is 0 Å². The highest BCUT2D eigenvalue weighted by atomic mass is 15.0. The first-order valence-electron chi connectivity index (χ1n) is 5.55. The van der Waals surface area contributed by atoms with E-state index in [9.17, 15) is 0 Å². The molecule has 0 bridgehead atoms. The van der Waals surface area contributed by atoms with Gasteiger partial charge in [0, 0.05) is 37.6 Å². The highest BCUT2D eigenvalue weighted by Crippen LogP contribution is 2.29. The van der Waals surface area contributed by atoms with E-state index in [1.54, 1.807) is 0 Å². The van der Waals surface area contributed by atoms with Crippen molar-refractivity contribution in [3.05, 3.63) is 35.0 Å². The molecule has 2 nitrogen and oxygen atoms in total. The Bertz CT molecular complexity index is 523. The number of aromatic nitrogens is 1. The molecule has 1 aliphatic rings. The van der Waals surface area contributed by atoms with Gasteiger partial charge in [-0.3, -0.25) is 0 Å². The van der Waals surface area contributed by atoms with E-state index in [1.807, 2.05) is 0 Å². The zero-order valence-electron chi connectivity index (χ0n) is 9.30. The van der Waals surface area contributed by atoms with Gasteiger partial charge in [-0.15, -0.1) is 0 Å². The van der Waals surface area contributed by atoms with E-state index in [-0.39, 0.29) is 0 Å². The minimum absolute atomic E-state index is 1.02. The average molecular weight is 200 g/mol. The van der Waals surface area contributed by atoms with Gasteiger partial charge in [-0.05, 0) is 18.1 Å². The molecule has 0 spiro atoms. The highest BCUT2D eigenvalue weighted by molar-refractivity contribution is 5.88. The van der Waals surface area contributed by atoms with Crippen LogP contribution < -0.4 is 5.32 Å². The van der Waals surface area contributed by atoms with Crippen LogP contribution in [0.1, 0.15) is 16.8 Å². The van der Waals surface area contributed by atoms with Gasteiger partial charge in [0.05, 0.1) is 5.52 Å². The van der Waals surface area contributed by atoms with Crippen LogP contribution in [-0.2, 0) is 20.0 Å². The third-order valence-electron chi connectivity index (χ3n) is 3.49. The Balaban J connectivity index is 2.44.